The Balaban J connectivity index is 4.26. The summed E-state index contributed by atoms with van der Waals surface area (Å²) in [6.07, 6.45) is 28.5. The molecule has 2 N–H and O–H groups in total. The van der Waals surface area contributed by atoms with E-state index in [0.717, 1.165) is 44.9 Å². The summed E-state index contributed by atoms with van der Waals surface area (Å²) >= 11 is 0. The fourth-order valence-corrected chi connectivity index (χ4v) is 3.46. The van der Waals surface area contributed by atoms with Crippen LogP contribution in [0.15, 0.2) is 60.8 Å². The lowest BCUT2D eigenvalue weighted by molar-refractivity contribution is -0.161. The third-order valence-corrected chi connectivity index (χ3v) is 5.61. The zero-order valence-electron chi connectivity index (χ0n) is 23.0. The van der Waals surface area contributed by atoms with E-state index in [1.165, 1.54) is 6.42 Å². The van der Waals surface area contributed by atoms with Gasteiger partial charge >= 0.3 is 19.8 Å². The number of carbonyl (C=O) groups excluding carboxylic acids is 2. The van der Waals surface area contributed by atoms with Gasteiger partial charge in [-0.1, -0.05) is 93.9 Å². The molecule has 0 aromatic carbocycles. The standard InChI is InChI=1S/C29H47O8P/c1-3-5-7-9-11-12-13-14-15-16-18-20-22-24-29(31)37-27(26-36-38(32,33)34)25-35-28(30)23-21-19-17-10-8-6-4-2/h5,7,9,11-15,17,19,27H,3-4,6,8,10,16,18,20-26H2,1-2H3,(H2,32,33,34)/b7-5+,11-9+,13-12+,15-14+,19-17+. The van der Waals surface area contributed by atoms with Gasteiger partial charge in [0.2, 0.25) is 0 Å². The second kappa shape index (κ2) is 25.1. The largest absolute Gasteiger partial charge is 0.469 e. The second-order valence-electron chi connectivity index (χ2n) is 8.72. The van der Waals surface area contributed by atoms with E-state index in [1.54, 1.807) is 0 Å². The Bertz CT molecular complexity index is 807. The first-order valence-corrected chi connectivity index (χ1v) is 15.2. The molecular weight excluding hydrogens is 507 g/mol. The van der Waals surface area contributed by atoms with Crippen LogP contribution in [-0.4, -0.2) is 41.0 Å². The van der Waals surface area contributed by atoms with Crippen molar-refractivity contribution in [2.45, 2.75) is 97.0 Å². The number of hydrogen-bond donors (Lipinski definition) is 2. The van der Waals surface area contributed by atoms with Crippen LogP contribution >= 0.6 is 7.82 Å². The molecule has 8 nitrogen and oxygen atoms in total. The summed E-state index contributed by atoms with van der Waals surface area (Å²) in [5, 5.41) is 0. The van der Waals surface area contributed by atoms with Crippen LogP contribution in [0.25, 0.3) is 0 Å². The molecule has 0 radical (unpaired) electrons. The predicted octanol–water partition coefficient (Wildman–Crippen LogP) is 7.05. The van der Waals surface area contributed by atoms with Crippen molar-refractivity contribution in [2.75, 3.05) is 13.2 Å². The molecule has 0 aliphatic heterocycles. The minimum atomic E-state index is -4.75. The van der Waals surface area contributed by atoms with Gasteiger partial charge in [-0.25, -0.2) is 4.57 Å². The van der Waals surface area contributed by atoms with Crippen LogP contribution in [0.3, 0.4) is 0 Å². The van der Waals surface area contributed by atoms with Gasteiger partial charge < -0.3 is 19.3 Å². The highest BCUT2D eigenvalue weighted by atomic mass is 31.2. The highest BCUT2D eigenvalue weighted by Crippen LogP contribution is 2.35. The summed E-state index contributed by atoms with van der Waals surface area (Å²) in [6, 6.07) is 0. The Hall–Kier alpha value is -2.25. The number of hydrogen-bond acceptors (Lipinski definition) is 6. The van der Waals surface area contributed by atoms with E-state index in [-0.39, 0.29) is 19.4 Å². The van der Waals surface area contributed by atoms with E-state index in [9.17, 15) is 14.2 Å². The lowest BCUT2D eigenvalue weighted by atomic mass is 10.1. The first-order chi connectivity index (χ1) is 18.3. The van der Waals surface area contributed by atoms with Crippen LogP contribution < -0.4 is 0 Å². The maximum absolute atomic E-state index is 12.2. The van der Waals surface area contributed by atoms with E-state index in [4.69, 9.17) is 19.3 Å². The molecule has 0 saturated heterocycles. The summed E-state index contributed by atoms with van der Waals surface area (Å²) in [7, 11) is -4.75. The quantitative estimate of drug-likeness (QED) is 0.0453. The summed E-state index contributed by atoms with van der Waals surface area (Å²) < 4.78 is 25.9. The molecule has 0 aliphatic carbocycles. The zero-order valence-corrected chi connectivity index (χ0v) is 23.9. The first kappa shape index (κ1) is 35.8. The Kier molecular flexibility index (Phi) is 23.6. The van der Waals surface area contributed by atoms with Crippen molar-refractivity contribution in [3.05, 3.63) is 60.8 Å². The molecule has 0 aromatic heterocycles. The molecule has 0 saturated carbocycles. The van der Waals surface area contributed by atoms with Gasteiger partial charge in [0.15, 0.2) is 6.10 Å². The Morgan fingerprint density at radius 1 is 0.711 bits per heavy atom. The minimum Gasteiger partial charge on any atom is -0.462 e. The predicted molar refractivity (Wildman–Crippen MR) is 151 cm³/mol. The molecule has 0 heterocycles. The molecule has 216 valence electrons. The molecule has 1 atom stereocenters. The first-order valence-electron chi connectivity index (χ1n) is 13.6. The SMILES string of the molecule is CC/C=C/C=C/C=C/C=C/CCCCCC(=O)OC(COC(=O)CC/C=C/CCCCC)COP(=O)(O)O. The highest BCUT2D eigenvalue weighted by Gasteiger charge is 2.22. The summed E-state index contributed by atoms with van der Waals surface area (Å²) in [4.78, 5) is 42.1. The highest BCUT2D eigenvalue weighted by molar-refractivity contribution is 7.46. The lowest BCUT2D eigenvalue weighted by Crippen LogP contribution is -2.29. The molecule has 0 aromatic rings. The van der Waals surface area contributed by atoms with Gasteiger partial charge in [0, 0.05) is 12.8 Å². The number of esters is 2. The summed E-state index contributed by atoms with van der Waals surface area (Å²) in [6.45, 7) is 3.34. The van der Waals surface area contributed by atoms with Crippen molar-refractivity contribution in [1.82, 2.24) is 0 Å². The molecule has 0 bridgehead atoms. The molecule has 9 heteroatoms. The molecule has 0 spiro atoms. The fraction of sp³-hybridized carbons (Fsp3) is 0.586. The van der Waals surface area contributed by atoms with Gasteiger partial charge in [0.1, 0.15) is 6.61 Å². The number of unbranched alkanes of at least 4 members (excludes halogenated alkanes) is 6. The monoisotopic (exact) mass is 554 g/mol. The van der Waals surface area contributed by atoms with Crippen LogP contribution in [0, 0.1) is 0 Å². The number of ether oxygens (including phenoxy) is 2. The third kappa shape index (κ3) is 26.8. The van der Waals surface area contributed by atoms with Crippen molar-refractivity contribution in [2.24, 2.45) is 0 Å². The van der Waals surface area contributed by atoms with E-state index < -0.39 is 32.5 Å². The van der Waals surface area contributed by atoms with Crippen molar-refractivity contribution in [3.8, 4) is 0 Å². The maximum atomic E-state index is 12.2. The van der Waals surface area contributed by atoms with E-state index in [0.29, 0.717) is 12.8 Å². The summed E-state index contributed by atoms with van der Waals surface area (Å²) in [5.74, 6) is -1.01. The van der Waals surface area contributed by atoms with E-state index >= 15 is 0 Å². The van der Waals surface area contributed by atoms with Gasteiger partial charge in [0.25, 0.3) is 0 Å². The lowest BCUT2D eigenvalue weighted by Gasteiger charge is -2.18. The number of carbonyl (C=O) groups is 2. The Morgan fingerprint density at radius 3 is 2.03 bits per heavy atom. The van der Waals surface area contributed by atoms with Crippen LogP contribution in [0.1, 0.15) is 90.9 Å². The van der Waals surface area contributed by atoms with Crippen LogP contribution in [0.5, 0.6) is 0 Å². The normalized spacial score (nSPS) is 13.5. The summed E-state index contributed by atoms with van der Waals surface area (Å²) in [5.41, 5.74) is 0. The van der Waals surface area contributed by atoms with Gasteiger partial charge in [0.05, 0.1) is 6.61 Å². The van der Waals surface area contributed by atoms with E-state index in [2.05, 4.69) is 30.5 Å². The van der Waals surface area contributed by atoms with Crippen LogP contribution in [-0.2, 0) is 28.2 Å². The number of rotatable bonds is 23. The second-order valence-corrected chi connectivity index (χ2v) is 9.96. The molecule has 0 fully saturated rings. The molecule has 0 amide bonds. The average molecular weight is 555 g/mol. The fourth-order valence-electron chi connectivity index (χ4n) is 3.10. The molecule has 0 aliphatic rings. The van der Waals surface area contributed by atoms with Gasteiger partial charge in [-0.05, 0) is 44.9 Å². The zero-order chi connectivity index (χ0) is 28.3. The van der Waals surface area contributed by atoms with E-state index in [1.807, 2.05) is 48.6 Å². The molecule has 1 unspecified atom stereocenters. The van der Waals surface area contributed by atoms with Gasteiger partial charge in [-0.15, -0.1) is 0 Å². The van der Waals surface area contributed by atoms with Crippen molar-refractivity contribution in [3.63, 3.8) is 0 Å². The molecule has 0 rings (SSSR count). The van der Waals surface area contributed by atoms with Gasteiger partial charge in [-0.2, -0.15) is 0 Å². The molecular formula is C29H47O8P. The van der Waals surface area contributed by atoms with Crippen LogP contribution in [0.4, 0.5) is 0 Å². The van der Waals surface area contributed by atoms with Crippen molar-refractivity contribution < 1.29 is 37.9 Å². The Morgan fingerprint density at radius 2 is 1.34 bits per heavy atom. The molecule has 38 heavy (non-hydrogen) atoms. The number of allylic oxidation sites excluding steroid dienone is 10. The average Bonchev–Trinajstić information content (AvgIpc) is 2.87. The van der Waals surface area contributed by atoms with Crippen LogP contribution in [0.2, 0.25) is 0 Å². The minimum absolute atomic E-state index is 0.156. The number of phosphoric acid groups is 1. The van der Waals surface area contributed by atoms with Gasteiger partial charge in [-0.3, -0.25) is 14.1 Å². The topological polar surface area (TPSA) is 119 Å². The maximum Gasteiger partial charge on any atom is 0.469 e. The van der Waals surface area contributed by atoms with Crippen molar-refractivity contribution >= 4 is 19.8 Å². The van der Waals surface area contributed by atoms with Crippen molar-refractivity contribution in [1.29, 1.82) is 0 Å². The Labute approximate surface area is 228 Å². The third-order valence-electron chi connectivity index (χ3n) is 5.13. The smallest absolute Gasteiger partial charge is 0.462 e. The number of phosphoric ester groups is 1.